The molecule has 0 atom stereocenters. The van der Waals surface area contributed by atoms with Crippen LogP contribution >= 0.6 is 24.8 Å². The zero-order valence-electron chi connectivity index (χ0n) is 5.51. The van der Waals surface area contributed by atoms with Gasteiger partial charge in [-0.1, -0.05) is 6.42 Å². The van der Waals surface area contributed by atoms with E-state index in [4.69, 9.17) is 11.5 Å². The van der Waals surface area contributed by atoms with Crippen molar-refractivity contribution in [1.29, 1.82) is 0 Å². The van der Waals surface area contributed by atoms with Crippen molar-refractivity contribution in [1.82, 2.24) is 0 Å². The number of hydrogen-bond acceptors (Lipinski definition) is 2. The van der Waals surface area contributed by atoms with E-state index in [2.05, 4.69) is 0 Å². The Kier molecular flexibility index (Phi) is 28.5. The second-order valence-corrected chi connectivity index (χ2v) is 1.64. The largest absolute Gasteiger partial charge is 0.330 e. The van der Waals surface area contributed by atoms with Crippen LogP contribution in [0, 0.1) is 0 Å². The molecule has 4 heteroatoms. The predicted molar refractivity (Wildman–Crippen MR) is 46.5 cm³/mol. The van der Waals surface area contributed by atoms with E-state index in [-0.39, 0.29) is 24.8 Å². The standard InChI is InChI=1S/C5H14N2.2ClH/c6-4-2-1-3-5-7;;/h1-7H2;2*1H/i6+1,7+1;;. The Balaban J connectivity index is -0.000000180. The fourth-order valence-corrected chi connectivity index (χ4v) is 0.465. The fourth-order valence-electron chi connectivity index (χ4n) is 0.465. The van der Waals surface area contributed by atoms with E-state index in [1.807, 2.05) is 0 Å². The molecule has 0 aromatic carbocycles. The molecule has 0 radical (unpaired) electrons. The first-order valence-corrected chi connectivity index (χ1v) is 2.82. The van der Waals surface area contributed by atoms with E-state index in [1.165, 1.54) is 6.42 Å². The van der Waals surface area contributed by atoms with Crippen molar-refractivity contribution in [3.05, 3.63) is 0 Å². The number of rotatable bonds is 4. The van der Waals surface area contributed by atoms with Crippen LogP contribution in [0.5, 0.6) is 0 Å². The second kappa shape index (κ2) is 15.8. The van der Waals surface area contributed by atoms with Crippen molar-refractivity contribution in [2.75, 3.05) is 13.1 Å². The molecule has 0 bridgehead atoms. The maximum atomic E-state index is 5.23. The minimum atomic E-state index is 0. The van der Waals surface area contributed by atoms with Gasteiger partial charge in [-0.3, -0.25) is 0 Å². The Bertz CT molecular complexity index is 32.1. The molecule has 0 heterocycles. The molecule has 0 rings (SSSR count). The molecule has 0 aromatic rings. The lowest BCUT2D eigenvalue weighted by Crippen LogP contribution is -2.02. The van der Waals surface area contributed by atoms with E-state index in [9.17, 15) is 0 Å². The van der Waals surface area contributed by atoms with E-state index >= 15 is 0 Å². The minimum Gasteiger partial charge on any atom is -0.330 e. The van der Waals surface area contributed by atoms with Crippen molar-refractivity contribution < 1.29 is 0 Å². The zero-order chi connectivity index (χ0) is 5.54. The van der Waals surface area contributed by atoms with E-state index in [0.29, 0.717) is 0 Å². The highest BCUT2D eigenvalue weighted by Crippen LogP contribution is 1.88. The molecule has 0 aliphatic carbocycles. The Morgan fingerprint density at radius 2 is 1.00 bits per heavy atom. The Hall–Kier alpha value is 0.500. The third-order valence-corrected chi connectivity index (χ3v) is 0.908. The summed E-state index contributed by atoms with van der Waals surface area (Å²) < 4.78 is 0. The summed E-state index contributed by atoms with van der Waals surface area (Å²) in [5.41, 5.74) is 10.5. The second-order valence-electron chi connectivity index (χ2n) is 1.64. The molecule has 0 aliphatic rings. The highest BCUT2D eigenvalue weighted by Gasteiger charge is 1.80. The molecule has 0 aliphatic heterocycles. The van der Waals surface area contributed by atoms with Gasteiger partial charge in [-0.2, -0.15) is 0 Å². The van der Waals surface area contributed by atoms with Crippen LogP contribution in [-0.4, -0.2) is 13.1 Å². The number of hydrogen-bond donors (Lipinski definition) is 2. The third kappa shape index (κ3) is 17.7. The van der Waals surface area contributed by atoms with Crippen molar-refractivity contribution >= 4 is 24.8 Å². The van der Waals surface area contributed by atoms with E-state index < -0.39 is 0 Å². The van der Waals surface area contributed by atoms with Gasteiger partial charge < -0.3 is 11.5 Å². The van der Waals surface area contributed by atoms with Gasteiger partial charge in [0.15, 0.2) is 0 Å². The molecule has 0 amide bonds. The van der Waals surface area contributed by atoms with Crippen molar-refractivity contribution in [3.63, 3.8) is 0 Å². The first kappa shape index (κ1) is 16.2. The summed E-state index contributed by atoms with van der Waals surface area (Å²) >= 11 is 0. The van der Waals surface area contributed by atoms with Gasteiger partial charge >= 0.3 is 0 Å². The van der Waals surface area contributed by atoms with E-state index in [1.54, 1.807) is 0 Å². The lowest BCUT2D eigenvalue weighted by Gasteiger charge is -1.91. The molecule has 0 aromatic heterocycles. The van der Waals surface area contributed by atoms with Crippen LogP contribution in [0.25, 0.3) is 0 Å². The van der Waals surface area contributed by atoms with Crippen LogP contribution < -0.4 is 11.5 Å². The number of unbranched alkanes of at least 4 members (excludes halogenated alkanes) is 2. The SMILES string of the molecule is Cl.Cl.[15NH2]CCCCC[15NH2]. The molecule has 60 valence electrons. The third-order valence-electron chi connectivity index (χ3n) is 0.908. The summed E-state index contributed by atoms with van der Waals surface area (Å²) in [7, 11) is 0. The normalized spacial score (nSPS) is 7.33. The monoisotopic (exact) mass is 176 g/mol. The van der Waals surface area contributed by atoms with E-state index in [0.717, 1.165) is 25.9 Å². The molecule has 4 N–H and O–H groups in total. The summed E-state index contributed by atoms with van der Waals surface area (Å²) in [6.45, 7) is 1.61. The van der Waals surface area contributed by atoms with Gasteiger partial charge in [0.25, 0.3) is 0 Å². The maximum absolute atomic E-state index is 5.23. The molecule has 0 saturated heterocycles. The summed E-state index contributed by atoms with van der Waals surface area (Å²) in [4.78, 5) is 0. The minimum absolute atomic E-state index is 0. The molecule has 0 unspecified atom stereocenters. The quantitative estimate of drug-likeness (QED) is 0.495. The van der Waals surface area contributed by atoms with Gasteiger partial charge in [-0.15, -0.1) is 24.8 Å². The van der Waals surface area contributed by atoms with Crippen LogP contribution in [0.4, 0.5) is 0 Å². The van der Waals surface area contributed by atoms with Crippen LogP contribution in [0.2, 0.25) is 0 Å². The molecule has 9 heavy (non-hydrogen) atoms. The van der Waals surface area contributed by atoms with Gasteiger partial charge in [0.1, 0.15) is 0 Å². The molecule has 0 saturated carbocycles. The maximum Gasteiger partial charge on any atom is -0.00773 e. The van der Waals surface area contributed by atoms with Crippen LogP contribution in [-0.2, 0) is 0 Å². The van der Waals surface area contributed by atoms with Gasteiger partial charge in [-0.05, 0) is 25.9 Å². The van der Waals surface area contributed by atoms with Crippen molar-refractivity contribution in [2.24, 2.45) is 11.5 Å². The van der Waals surface area contributed by atoms with Crippen LogP contribution in [0.3, 0.4) is 0 Å². The molecular weight excluding hydrogens is 161 g/mol. The van der Waals surface area contributed by atoms with Gasteiger partial charge in [0, 0.05) is 0 Å². The highest BCUT2D eigenvalue weighted by atomic mass is 35.5. The number of halogens is 2. The fraction of sp³-hybridized carbons (Fsp3) is 1.00. The lowest BCUT2D eigenvalue weighted by molar-refractivity contribution is 0.695. The lowest BCUT2D eigenvalue weighted by atomic mass is 10.2. The Morgan fingerprint density at radius 3 is 1.22 bits per heavy atom. The van der Waals surface area contributed by atoms with Gasteiger partial charge in [0.05, 0.1) is 0 Å². The van der Waals surface area contributed by atoms with Crippen molar-refractivity contribution in [2.45, 2.75) is 19.3 Å². The van der Waals surface area contributed by atoms with Crippen LogP contribution in [0.15, 0.2) is 0 Å². The topological polar surface area (TPSA) is 52.0 Å². The zero-order valence-corrected chi connectivity index (χ0v) is 7.14. The van der Waals surface area contributed by atoms with Gasteiger partial charge in [-0.25, -0.2) is 0 Å². The first-order chi connectivity index (χ1) is 3.41. The first-order valence-electron chi connectivity index (χ1n) is 2.82. The average molecular weight is 177 g/mol. The molecule has 0 spiro atoms. The van der Waals surface area contributed by atoms with Crippen molar-refractivity contribution in [3.8, 4) is 0 Å². The summed E-state index contributed by atoms with van der Waals surface area (Å²) in [5.74, 6) is 0. The predicted octanol–water partition coefficient (Wildman–Crippen LogP) is 0.918. The Labute approximate surface area is 69.2 Å². The Morgan fingerprint density at radius 1 is 0.667 bits per heavy atom. The summed E-state index contributed by atoms with van der Waals surface area (Å²) in [5, 5.41) is 0. The highest BCUT2D eigenvalue weighted by molar-refractivity contribution is 5.85. The summed E-state index contributed by atoms with van der Waals surface area (Å²) in [6.07, 6.45) is 3.43. The summed E-state index contributed by atoms with van der Waals surface area (Å²) in [6, 6.07) is 0. The number of nitrogens with two attached hydrogens (primary N) is 2. The average Bonchev–Trinajstić information content (AvgIpc) is 1.69. The van der Waals surface area contributed by atoms with Crippen LogP contribution in [0.1, 0.15) is 19.3 Å². The molecule has 2 nitrogen and oxygen atoms in total. The molecular formula is C5H16Cl2N2. The smallest absolute Gasteiger partial charge is 0.00773 e. The molecule has 0 fully saturated rings. The van der Waals surface area contributed by atoms with Gasteiger partial charge in [0.2, 0.25) is 0 Å².